The largest absolute Gasteiger partial charge is 0.343 e. The predicted molar refractivity (Wildman–Crippen MR) is 99.7 cm³/mol. The van der Waals surface area contributed by atoms with Gasteiger partial charge in [-0.05, 0) is 24.6 Å². The molecule has 0 fully saturated rings. The smallest absolute Gasteiger partial charge is 0.251 e. The van der Waals surface area contributed by atoms with Crippen molar-refractivity contribution in [3.8, 4) is 10.4 Å². The fraction of sp³-hybridized carbons (Fsp3) is 0.105. The van der Waals surface area contributed by atoms with Gasteiger partial charge in [-0.15, -0.1) is 0 Å². The van der Waals surface area contributed by atoms with Crippen molar-refractivity contribution in [2.24, 2.45) is 0 Å². The quantitative estimate of drug-likeness (QED) is 0.739. The van der Waals surface area contributed by atoms with Crippen molar-refractivity contribution >= 4 is 28.3 Å². The molecule has 0 spiro atoms. The summed E-state index contributed by atoms with van der Waals surface area (Å²) in [7, 11) is 0. The molecule has 0 saturated carbocycles. The lowest BCUT2D eigenvalue weighted by molar-refractivity contribution is -0.115. The first-order valence-corrected chi connectivity index (χ1v) is 8.61. The Hall–Kier alpha value is -2.99. The lowest BCUT2D eigenvalue weighted by Gasteiger charge is -2.04. The summed E-state index contributed by atoms with van der Waals surface area (Å²) in [5.41, 5.74) is 2.45. The summed E-state index contributed by atoms with van der Waals surface area (Å²) in [5, 5.41) is 5.85. The average molecular weight is 351 g/mol. The number of hydrogen-bond acceptors (Lipinski definition) is 4. The van der Waals surface area contributed by atoms with Crippen LogP contribution in [0.5, 0.6) is 0 Å². The van der Waals surface area contributed by atoms with Gasteiger partial charge in [0.05, 0.1) is 17.1 Å². The van der Waals surface area contributed by atoms with Crippen LogP contribution in [0.3, 0.4) is 0 Å². The van der Waals surface area contributed by atoms with E-state index >= 15 is 0 Å². The summed E-state index contributed by atoms with van der Waals surface area (Å²) in [6, 6.07) is 18.7. The number of rotatable bonds is 5. The van der Waals surface area contributed by atoms with Crippen LogP contribution in [0.2, 0.25) is 0 Å². The molecule has 5 nitrogen and oxygen atoms in total. The number of nitrogens with one attached hydrogen (secondary N) is 2. The van der Waals surface area contributed by atoms with E-state index in [0.717, 1.165) is 16.1 Å². The lowest BCUT2D eigenvalue weighted by Crippen LogP contribution is -2.32. The third-order valence-electron chi connectivity index (χ3n) is 3.52. The molecule has 0 atom stereocenters. The summed E-state index contributed by atoms with van der Waals surface area (Å²) in [6.07, 6.45) is 0. The number of benzene rings is 2. The van der Waals surface area contributed by atoms with Gasteiger partial charge in [0.1, 0.15) is 0 Å². The molecule has 1 aromatic heterocycles. The molecule has 0 aliphatic rings. The molecule has 0 aliphatic heterocycles. The van der Waals surface area contributed by atoms with Crippen molar-refractivity contribution in [3.63, 3.8) is 0 Å². The molecule has 0 unspecified atom stereocenters. The number of amides is 2. The highest BCUT2D eigenvalue weighted by atomic mass is 32.1. The highest BCUT2D eigenvalue weighted by Gasteiger charge is 2.13. The monoisotopic (exact) mass is 351 g/mol. The third kappa shape index (κ3) is 4.30. The van der Waals surface area contributed by atoms with Gasteiger partial charge < -0.3 is 10.6 Å². The first-order valence-electron chi connectivity index (χ1n) is 7.79. The molecule has 6 heteroatoms. The number of anilines is 1. The Kier molecular flexibility index (Phi) is 5.20. The molecule has 126 valence electrons. The first kappa shape index (κ1) is 16.9. The summed E-state index contributed by atoms with van der Waals surface area (Å²) >= 11 is 1.42. The van der Waals surface area contributed by atoms with Crippen molar-refractivity contribution < 1.29 is 9.59 Å². The molecule has 2 aromatic carbocycles. The van der Waals surface area contributed by atoms with Gasteiger partial charge in [-0.1, -0.05) is 59.9 Å². The minimum absolute atomic E-state index is 0.104. The minimum Gasteiger partial charge on any atom is -0.343 e. The van der Waals surface area contributed by atoms with E-state index in [9.17, 15) is 9.59 Å². The van der Waals surface area contributed by atoms with Gasteiger partial charge in [-0.25, -0.2) is 4.98 Å². The molecule has 3 aromatic rings. The Bertz CT molecular complexity index is 876. The second kappa shape index (κ2) is 7.72. The molecular weight excluding hydrogens is 334 g/mol. The maximum atomic E-state index is 12.0. The molecule has 0 radical (unpaired) electrons. The van der Waals surface area contributed by atoms with Crippen LogP contribution in [-0.4, -0.2) is 23.3 Å². The molecule has 2 N–H and O–H groups in total. The Balaban J connectivity index is 1.59. The highest BCUT2D eigenvalue weighted by Crippen LogP contribution is 2.32. The van der Waals surface area contributed by atoms with Gasteiger partial charge in [0.2, 0.25) is 5.91 Å². The van der Waals surface area contributed by atoms with Crippen molar-refractivity contribution in [3.05, 3.63) is 71.9 Å². The topological polar surface area (TPSA) is 71.1 Å². The number of aryl methyl sites for hydroxylation is 1. The number of thiazole rings is 1. The standard InChI is InChI=1S/C19H17N3O2S/c1-13-17(14-8-4-2-5-9-14)25-19(21-13)22-16(23)12-20-18(24)15-10-6-3-7-11-15/h2-11H,12H2,1H3,(H,20,24)(H,21,22,23). The molecule has 2 amide bonds. The predicted octanol–water partition coefficient (Wildman–Crippen LogP) is 3.49. The zero-order valence-corrected chi connectivity index (χ0v) is 14.5. The fourth-order valence-corrected chi connectivity index (χ4v) is 3.31. The van der Waals surface area contributed by atoms with Gasteiger partial charge in [0.15, 0.2) is 5.13 Å². The molecule has 25 heavy (non-hydrogen) atoms. The lowest BCUT2D eigenvalue weighted by atomic mass is 10.2. The maximum Gasteiger partial charge on any atom is 0.251 e. The Morgan fingerprint density at radius 3 is 2.32 bits per heavy atom. The third-order valence-corrected chi connectivity index (χ3v) is 4.65. The van der Waals surface area contributed by atoms with Crippen LogP contribution in [0.1, 0.15) is 16.1 Å². The second-order valence-electron chi connectivity index (χ2n) is 5.40. The summed E-state index contributed by atoms with van der Waals surface area (Å²) in [6.45, 7) is 1.80. The van der Waals surface area contributed by atoms with Crippen LogP contribution in [0.25, 0.3) is 10.4 Å². The number of hydrogen-bond donors (Lipinski definition) is 2. The van der Waals surface area contributed by atoms with Crippen LogP contribution in [0.15, 0.2) is 60.7 Å². The van der Waals surface area contributed by atoms with Gasteiger partial charge in [-0.2, -0.15) is 0 Å². The number of carbonyl (C=O) groups excluding carboxylic acids is 2. The fourth-order valence-electron chi connectivity index (χ4n) is 2.32. The minimum atomic E-state index is -0.308. The summed E-state index contributed by atoms with van der Waals surface area (Å²) in [5.74, 6) is -0.589. The van der Waals surface area contributed by atoms with E-state index in [1.54, 1.807) is 24.3 Å². The van der Waals surface area contributed by atoms with Crippen molar-refractivity contribution in [1.82, 2.24) is 10.3 Å². The molecule has 0 saturated heterocycles. The SMILES string of the molecule is Cc1nc(NC(=O)CNC(=O)c2ccccc2)sc1-c1ccccc1. The average Bonchev–Trinajstić information content (AvgIpc) is 3.01. The van der Waals surface area contributed by atoms with Crippen LogP contribution in [0, 0.1) is 6.92 Å². The number of carbonyl (C=O) groups is 2. The highest BCUT2D eigenvalue weighted by molar-refractivity contribution is 7.19. The van der Waals surface area contributed by atoms with E-state index in [4.69, 9.17) is 0 Å². The van der Waals surface area contributed by atoms with Crippen LogP contribution in [-0.2, 0) is 4.79 Å². The van der Waals surface area contributed by atoms with Gasteiger partial charge in [-0.3, -0.25) is 9.59 Å². The molecule has 0 aliphatic carbocycles. The van der Waals surface area contributed by atoms with Crippen molar-refractivity contribution in [2.75, 3.05) is 11.9 Å². The van der Waals surface area contributed by atoms with Crippen LogP contribution in [0.4, 0.5) is 5.13 Å². The summed E-state index contributed by atoms with van der Waals surface area (Å²) in [4.78, 5) is 29.4. The van der Waals surface area contributed by atoms with E-state index in [2.05, 4.69) is 15.6 Å². The van der Waals surface area contributed by atoms with E-state index in [1.165, 1.54) is 11.3 Å². The van der Waals surface area contributed by atoms with Crippen molar-refractivity contribution in [1.29, 1.82) is 0 Å². The first-order chi connectivity index (χ1) is 12.1. The van der Waals surface area contributed by atoms with E-state index in [1.807, 2.05) is 43.3 Å². The van der Waals surface area contributed by atoms with E-state index in [0.29, 0.717) is 10.7 Å². The van der Waals surface area contributed by atoms with Gasteiger partial charge in [0, 0.05) is 5.56 Å². The van der Waals surface area contributed by atoms with Gasteiger partial charge >= 0.3 is 0 Å². The number of aromatic nitrogens is 1. The molecule has 0 bridgehead atoms. The maximum absolute atomic E-state index is 12.0. The van der Waals surface area contributed by atoms with Crippen molar-refractivity contribution in [2.45, 2.75) is 6.92 Å². The number of nitrogens with zero attached hydrogens (tertiary/aromatic N) is 1. The Morgan fingerprint density at radius 2 is 1.64 bits per heavy atom. The Labute approximate surface area is 149 Å². The Morgan fingerprint density at radius 1 is 1.00 bits per heavy atom. The summed E-state index contributed by atoms with van der Waals surface area (Å²) < 4.78 is 0. The zero-order valence-electron chi connectivity index (χ0n) is 13.7. The molecule has 3 rings (SSSR count). The second-order valence-corrected chi connectivity index (χ2v) is 6.40. The molecule has 1 heterocycles. The van der Waals surface area contributed by atoms with E-state index in [-0.39, 0.29) is 18.4 Å². The zero-order chi connectivity index (χ0) is 17.6. The molecular formula is C19H17N3O2S. The normalized spacial score (nSPS) is 10.3. The van der Waals surface area contributed by atoms with E-state index < -0.39 is 0 Å². The van der Waals surface area contributed by atoms with Crippen LogP contribution >= 0.6 is 11.3 Å². The van der Waals surface area contributed by atoms with Crippen LogP contribution < -0.4 is 10.6 Å². The van der Waals surface area contributed by atoms with Gasteiger partial charge in [0.25, 0.3) is 5.91 Å².